The second-order valence-corrected chi connectivity index (χ2v) is 4.91. The van der Waals surface area contributed by atoms with Crippen LogP contribution in [0.5, 0.6) is 0 Å². The first kappa shape index (κ1) is 11.6. The third-order valence-electron chi connectivity index (χ3n) is 3.86. The van der Waals surface area contributed by atoms with Gasteiger partial charge in [-0.05, 0) is 18.3 Å². The molecule has 0 amide bonds. The van der Waals surface area contributed by atoms with Crippen LogP contribution in [0.15, 0.2) is 10.9 Å². The fraction of sp³-hybridized carbons (Fsp3) is 0.833. The van der Waals surface area contributed by atoms with Gasteiger partial charge < -0.3 is 9.84 Å². The quantitative estimate of drug-likeness (QED) is 0.848. The Labute approximate surface area is 96.8 Å². The third kappa shape index (κ3) is 2.82. The van der Waals surface area contributed by atoms with E-state index >= 15 is 0 Å². The largest absolute Gasteiger partial charge is 0.340 e. The van der Waals surface area contributed by atoms with Gasteiger partial charge in [0.05, 0.1) is 0 Å². The standard InChI is InChI=1S/C12H21N3O/c1-9-4-3-5-11(10(9)2)13-7-6-12-14-8-15-16-12/h8-11,13H,3-7H2,1-2H3. The zero-order valence-electron chi connectivity index (χ0n) is 10.1. The molecule has 1 heterocycles. The lowest BCUT2D eigenvalue weighted by atomic mass is 9.78. The summed E-state index contributed by atoms with van der Waals surface area (Å²) in [5, 5.41) is 7.21. The molecule has 0 saturated heterocycles. The van der Waals surface area contributed by atoms with Crippen LogP contribution in [-0.2, 0) is 6.42 Å². The Morgan fingerprint density at radius 1 is 1.44 bits per heavy atom. The van der Waals surface area contributed by atoms with Crippen LogP contribution in [0.2, 0.25) is 0 Å². The van der Waals surface area contributed by atoms with Gasteiger partial charge in [0.25, 0.3) is 0 Å². The number of nitrogens with zero attached hydrogens (tertiary/aromatic N) is 2. The summed E-state index contributed by atoms with van der Waals surface area (Å²) in [4.78, 5) is 4.02. The summed E-state index contributed by atoms with van der Waals surface area (Å²) >= 11 is 0. The Morgan fingerprint density at radius 2 is 2.31 bits per heavy atom. The maximum absolute atomic E-state index is 4.97. The lowest BCUT2D eigenvalue weighted by molar-refractivity contribution is 0.206. The summed E-state index contributed by atoms with van der Waals surface area (Å²) in [5.74, 6) is 2.34. The van der Waals surface area contributed by atoms with Crippen molar-refractivity contribution in [3.8, 4) is 0 Å². The van der Waals surface area contributed by atoms with Crippen molar-refractivity contribution >= 4 is 0 Å². The first-order valence-corrected chi connectivity index (χ1v) is 6.26. The van der Waals surface area contributed by atoms with Crippen molar-refractivity contribution in [2.75, 3.05) is 6.54 Å². The van der Waals surface area contributed by atoms with Gasteiger partial charge in [0.1, 0.15) is 0 Å². The van der Waals surface area contributed by atoms with E-state index < -0.39 is 0 Å². The number of nitrogens with one attached hydrogen (secondary N) is 1. The van der Waals surface area contributed by atoms with Crippen molar-refractivity contribution in [2.45, 2.75) is 45.6 Å². The van der Waals surface area contributed by atoms with E-state index in [1.165, 1.54) is 25.6 Å². The molecule has 1 fully saturated rings. The molecule has 4 heteroatoms. The van der Waals surface area contributed by atoms with Gasteiger partial charge in [-0.3, -0.25) is 0 Å². The second kappa shape index (κ2) is 5.43. The molecule has 4 nitrogen and oxygen atoms in total. The lowest BCUT2D eigenvalue weighted by Gasteiger charge is -2.34. The van der Waals surface area contributed by atoms with Crippen LogP contribution in [-0.4, -0.2) is 22.7 Å². The highest BCUT2D eigenvalue weighted by Gasteiger charge is 2.26. The lowest BCUT2D eigenvalue weighted by Crippen LogP contribution is -2.41. The first-order valence-electron chi connectivity index (χ1n) is 6.26. The minimum Gasteiger partial charge on any atom is -0.340 e. The van der Waals surface area contributed by atoms with Gasteiger partial charge in [0.15, 0.2) is 6.33 Å². The van der Waals surface area contributed by atoms with Crippen LogP contribution in [0.3, 0.4) is 0 Å². The highest BCUT2D eigenvalue weighted by atomic mass is 16.5. The highest BCUT2D eigenvalue weighted by molar-refractivity contribution is 4.83. The molecule has 0 radical (unpaired) electrons. The molecular formula is C12H21N3O. The Bertz CT molecular complexity index is 299. The average molecular weight is 223 g/mol. The number of aromatic nitrogens is 2. The summed E-state index contributed by atoms with van der Waals surface area (Å²) in [6.07, 6.45) is 6.32. The minimum absolute atomic E-state index is 0.659. The molecule has 1 saturated carbocycles. The fourth-order valence-electron chi connectivity index (χ4n) is 2.54. The molecule has 90 valence electrons. The van der Waals surface area contributed by atoms with Crippen molar-refractivity contribution in [3.05, 3.63) is 12.2 Å². The van der Waals surface area contributed by atoms with Gasteiger partial charge in [0.2, 0.25) is 5.89 Å². The Kier molecular flexibility index (Phi) is 3.93. The van der Waals surface area contributed by atoms with Crippen molar-refractivity contribution in [3.63, 3.8) is 0 Å². The van der Waals surface area contributed by atoms with Crippen molar-refractivity contribution in [2.24, 2.45) is 11.8 Å². The Hall–Kier alpha value is -0.900. The van der Waals surface area contributed by atoms with E-state index in [1.807, 2.05) is 0 Å². The number of hydrogen-bond donors (Lipinski definition) is 1. The molecule has 1 aromatic rings. The molecule has 1 N–H and O–H groups in total. The van der Waals surface area contributed by atoms with Gasteiger partial charge >= 0.3 is 0 Å². The molecule has 0 spiro atoms. The predicted octanol–water partition coefficient (Wildman–Crippen LogP) is 2.03. The summed E-state index contributed by atoms with van der Waals surface area (Å²) in [5.41, 5.74) is 0. The maximum atomic E-state index is 4.97. The predicted molar refractivity (Wildman–Crippen MR) is 62.0 cm³/mol. The zero-order chi connectivity index (χ0) is 11.4. The van der Waals surface area contributed by atoms with Gasteiger partial charge in [-0.25, -0.2) is 0 Å². The van der Waals surface area contributed by atoms with E-state index in [9.17, 15) is 0 Å². The highest BCUT2D eigenvalue weighted by Crippen LogP contribution is 2.29. The average Bonchev–Trinajstić information content (AvgIpc) is 2.77. The van der Waals surface area contributed by atoms with Crippen LogP contribution in [0.4, 0.5) is 0 Å². The molecule has 0 aliphatic heterocycles. The van der Waals surface area contributed by atoms with Crippen molar-refractivity contribution < 1.29 is 4.52 Å². The normalized spacial score (nSPS) is 30.5. The van der Waals surface area contributed by atoms with Gasteiger partial charge in [-0.2, -0.15) is 4.98 Å². The van der Waals surface area contributed by atoms with Crippen LogP contribution < -0.4 is 5.32 Å². The summed E-state index contributed by atoms with van der Waals surface area (Å²) in [7, 11) is 0. The topological polar surface area (TPSA) is 51.0 Å². The molecule has 1 aliphatic carbocycles. The second-order valence-electron chi connectivity index (χ2n) is 4.91. The van der Waals surface area contributed by atoms with E-state index in [0.29, 0.717) is 6.04 Å². The molecule has 2 rings (SSSR count). The van der Waals surface area contributed by atoms with Crippen LogP contribution in [0.25, 0.3) is 0 Å². The molecule has 1 aromatic heterocycles. The minimum atomic E-state index is 0.659. The first-order chi connectivity index (χ1) is 7.77. The van der Waals surface area contributed by atoms with E-state index in [4.69, 9.17) is 4.52 Å². The molecule has 0 aromatic carbocycles. The smallest absolute Gasteiger partial charge is 0.227 e. The summed E-state index contributed by atoms with van der Waals surface area (Å²) in [6, 6.07) is 0.659. The molecule has 16 heavy (non-hydrogen) atoms. The molecule has 1 aliphatic rings. The van der Waals surface area contributed by atoms with E-state index in [-0.39, 0.29) is 0 Å². The number of rotatable bonds is 4. The maximum Gasteiger partial charge on any atom is 0.227 e. The molecule has 3 atom stereocenters. The zero-order valence-corrected chi connectivity index (χ0v) is 10.1. The molecule has 3 unspecified atom stereocenters. The summed E-state index contributed by atoms with van der Waals surface area (Å²) < 4.78 is 4.97. The fourth-order valence-corrected chi connectivity index (χ4v) is 2.54. The van der Waals surface area contributed by atoms with Gasteiger partial charge in [0, 0.05) is 19.0 Å². The van der Waals surface area contributed by atoms with Crippen LogP contribution in [0.1, 0.15) is 39.0 Å². The van der Waals surface area contributed by atoms with Crippen LogP contribution in [0, 0.1) is 11.8 Å². The molecule has 0 bridgehead atoms. The Balaban J connectivity index is 1.73. The van der Waals surface area contributed by atoms with Crippen molar-refractivity contribution in [1.82, 2.24) is 15.5 Å². The van der Waals surface area contributed by atoms with E-state index in [1.54, 1.807) is 0 Å². The molecular weight excluding hydrogens is 202 g/mol. The monoisotopic (exact) mass is 223 g/mol. The van der Waals surface area contributed by atoms with Gasteiger partial charge in [-0.15, -0.1) is 0 Å². The van der Waals surface area contributed by atoms with Crippen molar-refractivity contribution in [1.29, 1.82) is 0 Å². The van der Waals surface area contributed by atoms with Crippen LogP contribution >= 0.6 is 0 Å². The van der Waals surface area contributed by atoms with E-state index in [2.05, 4.69) is 29.3 Å². The Morgan fingerprint density at radius 3 is 3.06 bits per heavy atom. The van der Waals surface area contributed by atoms with Gasteiger partial charge in [-0.1, -0.05) is 31.8 Å². The SMILES string of the molecule is CC1CCCC(NCCc2ncno2)C1C. The summed E-state index contributed by atoms with van der Waals surface area (Å²) in [6.45, 7) is 5.65. The third-order valence-corrected chi connectivity index (χ3v) is 3.86. The van der Waals surface area contributed by atoms with E-state index in [0.717, 1.165) is 30.7 Å². The number of hydrogen-bond acceptors (Lipinski definition) is 4.